The van der Waals surface area contributed by atoms with Crippen molar-refractivity contribution in [3.05, 3.63) is 51.9 Å². The summed E-state index contributed by atoms with van der Waals surface area (Å²) in [5, 5.41) is 22.6. The number of ether oxygens (including phenoxy) is 2. The van der Waals surface area contributed by atoms with Crippen molar-refractivity contribution in [1.82, 2.24) is 0 Å². The molecule has 1 aromatic heterocycles. The minimum atomic E-state index is -0.756. The Morgan fingerprint density at radius 3 is 2.50 bits per heavy atom. The Bertz CT molecular complexity index is 1120. The maximum absolute atomic E-state index is 12.4. The van der Waals surface area contributed by atoms with E-state index in [4.69, 9.17) is 13.9 Å². The van der Waals surface area contributed by atoms with E-state index in [9.17, 15) is 19.8 Å². The molecule has 1 heterocycles. The van der Waals surface area contributed by atoms with Crippen LogP contribution in [0.4, 0.5) is 5.69 Å². The fourth-order valence-corrected chi connectivity index (χ4v) is 2.91. The van der Waals surface area contributed by atoms with Gasteiger partial charge in [-0.2, -0.15) is 0 Å². The van der Waals surface area contributed by atoms with Crippen LogP contribution in [0.3, 0.4) is 0 Å². The largest absolute Gasteiger partial charge is 0.504 e. The van der Waals surface area contributed by atoms with Crippen LogP contribution in [0.15, 0.2) is 39.5 Å². The number of carbonyl (C=O) groups is 1. The number of benzene rings is 2. The van der Waals surface area contributed by atoms with Gasteiger partial charge in [-0.1, -0.05) is 0 Å². The van der Waals surface area contributed by atoms with Gasteiger partial charge in [0.2, 0.25) is 11.7 Å². The molecule has 0 saturated carbocycles. The van der Waals surface area contributed by atoms with Crippen molar-refractivity contribution in [2.75, 3.05) is 19.5 Å². The molecular weight excluding hydrogens is 366 g/mol. The number of hydrogen-bond acceptors (Lipinski definition) is 7. The maximum atomic E-state index is 12.4. The molecule has 146 valence electrons. The van der Waals surface area contributed by atoms with Crippen LogP contribution in [0.2, 0.25) is 0 Å². The summed E-state index contributed by atoms with van der Waals surface area (Å²) in [5.74, 6) is -0.357. The molecule has 0 saturated heterocycles. The number of phenols is 2. The van der Waals surface area contributed by atoms with Crippen molar-refractivity contribution in [2.24, 2.45) is 0 Å². The van der Waals surface area contributed by atoms with Crippen molar-refractivity contribution < 1.29 is 28.9 Å². The highest BCUT2D eigenvalue weighted by atomic mass is 16.5. The third-order valence-corrected chi connectivity index (χ3v) is 4.41. The zero-order chi connectivity index (χ0) is 20.4. The molecular formula is C20H19NO7. The zero-order valence-corrected chi connectivity index (χ0v) is 15.5. The van der Waals surface area contributed by atoms with Gasteiger partial charge in [0.25, 0.3) is 0 Å². The number of phenolic OH excluding ortho intramolecular Hbond substituents is 2. The van der Waals surface area contributed by atoms with Gasteiger partial charge in [-0.15, -0.1) is 0 Å². The quantitative estimate of drug-likeness (QED) is 0.456. The molecule has 0 atom stereocenters. The van der Waals surface area contributed by atoms with E-state index in [1.165, 1.54) is 26.4 Å². The van der Waals surface area contributed by atoms with Gasteiger partial charge >= 0.3 is 5.63 Å². The number of fused-ring (bicyclic) bond motifs is 1. The van der Waals surface area contributed by atoms with Crippen molar-refractivity contribution in [3.8, 4) is 23.0 Å². The molecule has 0 radical (unpaired) electrons. The van der Waals surface area contributed by atoms with Gasteiger partial charge in [0, 0.05) is 17.1 Å². The van der Waals surface area contributed by atoms with Crippen LogP contribution in [0.25, 0.3) is 11.0 Å². The van der Waals surface area contributed by atoms with Crippen molar-refractivity contribution >= 4 is 22.6 Å². The number of carbonyl (C=O) groups excluding carboxylic acids is 1. The summed E-state index contributed by atoms with van der Waals surface area (Å²) in [5.41, 5.74) is 0.257. The number of aryl methyl sites for hydroxylation is 1. The molecule has 2 aromatic carbocycles. The number of rotatable bonds is 5. The van der Waals surface area contributed by atoms with Crippen LogP contribution in [-0.4, -0.2) is 30.3 Å². The van der Waals surface area contributed by atoms with Gasteiger partial charge in [0.1, 0.15) is 0 Å². The summed E-state index contributed by atoms with van der Waals surface area (Å²) in [6.07, 6.45) is -0.222. The molecule has 0 aliphatic rings. The Labute approximate surface area is 159 Å². The van der Waals surface area contributed by atoms with Gasteiger partial charge < -0.3 is 29.4 Å². The van der Waals surface area contributed by atoms with Crippen LogP contribution in [-0.2, 0) is 11.2 Å². The number of amides is 1. The van der Waals surface area contributed by atoms with Gasteiger partial charge in [-0.05, 0) is 36.8 Å². The standard InChI is InChI=1S/C20H19NO7/c1-10-12-5-6-14(22)18(24)19(12)28-20(25)13(10)9-17(23)21-11-4-7-15(26-2)16(8-11)27-3/h4-8,22,24H,9H2,1-3H3,(H,21,23). The average Bonchev–Trinajstić information content (AvgIpc) is 2.68. The van der Waals surface area contributed by atoms with Gasteiger partial charge in [-0.25, -0.2) is 4.79 Å². The van der Waals surface area contributed by atoms with Crippen LogP contribution < -0.4 is 20.4 Å². The molecule has 3 aromatic rings. The van der Waals surface area contributed by atoms with Gasteiger partial charge in [0.05, 0.1) is 26.2 Å². The van der Waals surface area contributed by atoms with Crippen LogP contribution in [0.1, 0.15) is 11.1 Å². The van der Waals surface area contributed by atoms with E-state index in [1.54, 1.807) is 25.1 Å². The van der Waals surface area contributed by atoms with E-state index in [2.05, 4.69) is 5.32 Å². The lowest BCUT2D eigenvalue weighted by atomic mass is 10.0. The predicted molar refractivity (Wildman–Crippen MR) is 102 cm³/mol. The maximum Gasteiger partial charge on any atom is 0.340 e. The summed E-state index contributed by atoms with van der Waals surface area (Å²) in [6, 6.07) is 7.71. The van der Waals surface area contributed by atoms with Gasteiger partial charge in [-0.3, -0.25) is 4.79 Å². The molecule has 0 fully saturated rings. The third kappa shape index (κ3) is 3.44. The van der Waals surface area contributed by atoms with E-state index < -0.39 is 23.0 Å². The first-order valence-electron chi connectivity index (χ1n) is 8.34. The minimum absolute atomic E-state index is 0.119. The molecule has 3 N–H and O–H groups in total. The average molecular weight is 385 g/mol. The molecule has 0 spiro atoms. The Morgan fingerprint density at radius 2 is 1.82 bits per heavy atom. The SMILES string of the molecule is COc1ccc(NC(=O)Cc2c(C)c3ccc(O)c(O)c3oc2=O)cc1OC. The number of methoxy groups -OCH3 is 2. The normalized spacial score (nSPS) is 10.7. The fraction of sp³-hybridized carbons (Fsp3) is 0.200. The molecule has 8 nitrogen and oxygen atoms in total. The van der Waals surface area contributed by atoms with E-state index >= 15 is 0 Å². The Hall–Kier alpha value is -3.68. The summed E-state index contributed by atoms with van der Waals surface area (Å²) < 4.78 is 15.5. The lowest BCUT2D eigenvalue weighted by Gasteiger charge is -2.12. The zero-order valence-electron chi connectivity index (χ0n) is 15.5. The second-order valence-electron chi connectivity index (χ2n) is 6.10. The highest BCUT2D eigenvalue weighted by molar-refractivity contribution is 5.94. The summed E-state index contributed by atoms with van der Waals surface area (Å²) >= 11 is 0. The number of nitrogens with one attached hydrogen (secondary N) is 1. The Balaban J connectivity index is 1.89. The van der Waals surface area contributed by atoms with Gasteiger partial charge in [0.15, 0.2) is 22.8 Å². The smallest absolute Gasteiger partial charge is 0.340 e. The second-order valence-corrected chi connectivity index (χ2v) is 6.10. The summed E-state index contributed by atoms with van der Waals surface area (Å²) in [6.45, 7) is 1.65. The molecule has 0 unspecified atom stereocenters. The Morgan fingerprint density at radius 1 is 1.11 bits per heavy atom. The van der Waals surface area contributed by atoms with E-state index in [0.717, 1.165) is 0 Å². The third-order valence-electron chi connectivity index (χ3n) is 4.41. The summed E-state index contributed by atoms with van der Waals surface area (Å²) in [7, 11) is 3.00. The summed E-state index contributed by atoms with van der Waals surface area (Å²) in [4.78, 5) is 24.8. The van der Waals surface area contributed by atoms with E-state index in [1.807, 2.05) is 0 Å². The van der Waals surface area contributed by atoms with Crippen LogP contribution in [0, 0.1) is 6.92 Å². The van der Waals surface area contributed by atoms with E-state index in [0.29, 0.717) is 28.1 Å². The molecule has 0 aliphatic heterocycles. The highest BCUT2D eigenvalue weighted by Crippen LogP contribution is 2.35. The van der Waals surface area contributed by atoms with E-state index in [-0.39, 0.29) is 17.6 Å². The first-order valence-corrected chi connectivity index (χ1v) is 8.34. The highest BCUT2D eigenvalue weighted by Gasteiger charge is 2.18. The van der Waals surface area contributed by atoms with Crippen molar-refractivity contribution in [2.45, 2.75) is 13.3 Å². The minimum Gasteiger partial charge on any atom is -0.504 e. The number of hydrogen-bond donors (Lipinski definition) is 3. The lowest BCUT2D eigenvalue weighted by molar-refractivity contribution is -0.115. The lowest BCUT2D eigenvalue weighted by Crippen LogP contribution is -2.20. The van der Waals surface area contributed by atoms with Crippen LogP contribution >= 0.6 is 0 Å². The number of aromatic hydroxyl groups is 2. The second kappa shape index (κ2) is 7.51. The molecule has 0 bridgehead atoms. The van der Waals surface area contributed by atoms with Crippen molar-refractivity contribution in [1.29, 1.82) is 0 Å². The fourth-order valence-electron chi connectivity index (χ4n) is 2.91. The van der Waals surface area contributed by atoms with Crippen LogP contribution in [0.5, 0.6) is 23.0 Å². The molecule has 28 heavy (non-hydrogen) atoms. The first kappa shape index (κ1) is 19.1. The monoisotopic (exact) mass is 385 g/mol. The predicted octanol–water partition coefficient (Wildman–Crippen LogP) is 2.71. The first-order chi connectivity index (χ1) is 13.3. The Kier molecular flexibility index (Phi) is 5.12. The molecule has 8 heteroatoms. The molecule has 3 rings (SSSR count). The number of anilines is 1. The molecule has 0 aliphatic carbocycles. The van der Waals surface area contributed by atoms with Crippen molar-refractivity contribution in [3.63, 3.8) is 0 Å². The molecule has 1 amide bonds. The topological polar surface area (TPSA) is 118 Å².